The lowest BCUT2D eigenvalue weighted by atomic mass is 10.0. The molecule has 0 fully saturated rings. The predicted octanol–water partition coefficient (Wildman–Crippen LogP) is 1.25. The number of ether oxygens (including phenoxy) is 1. The zero-order valence-corrected chi connectivity index (χ0v) is 13.3. The molecule has 130 valence electrons. The van der Waals surface area contributed by atoms with Gasteiger partial charge in [-0.25, -0.2) is 9.18 Å². The van der Waals surface area contributed by atoms with Crippen molar-refractivity contribution in [2.45, 2.75) is 19.1 Å². The molecule has 8 nitrogen and oxygen atoms in total. The minimum atomic E-state index is -0.642. The van der Waals surface area contributed by atoms with Gasteiger partial charge in [-0.1, -0.05) is 18.2 Å². The van der Waals surface area contributed by atoms with E-state index in [1.807, 2.05) is 6.08 Å². The first-order valence-electron chi connectivity index (χ1n) is 7.93. The van der Waals surface area contributed by atoms with E-state index in [9.17, 15) is 9.18 Å². The number of nitrogens with one attached hydrogen (secondary N) is 2. The quantitative estimate of drug-likeness (QED) is 0.620. The summed E-state index contributed by atoms with van der Waals surface area (Å²) in [6.45, 7) is 1.02. The van der Waals surface area contributed by atoms with Gasteiger partial charge in [-0.2, -0.15) is 9.97 Å². The van der Waals surface area contributed by atoms with Crippen LogP contribution in [0.4, 0.5) is 16.2 Å². The Bertz CT molecular complexity index is 971. The van der Waals surface area contributed by atoms with E-state index >= 15 is 0 Å². The van der Waals surface area contributed by atoms with Crippen LogP contribution in [0.5, 0.6) is 0 Å². The fraction of sp³-hybridized carbons (Fsp3) is 0.312. The highest BCUT2D eigenvalue weighted by Gasteiger charge is 2.22. The van der Waals surface area contributed by atoms with Crippen molar-refractivity contribution < 1.29 is 9.13 Å². The standard InChI is InChI=1S/C16H17FN6O2/c17-10-4-3-9-7-11(10)25-6-2-1-5-19-15-21-13(18)12-14(22-15)23(8-9)16(24)20-12/h1-4,11H,5-8H2,(H,20,24)(H3,18,19,21,22)/b2-1-. The number of aromatic nitrogens is 4. The summed E-state index contributed by atoms with van der Waals surface area (Å²) in [4.78, 5) is 23.6. The summed E-state index contributed by atoms with van der Waals surface area (Å²) in [7, 11) is 0. The summed E-state index contributed by atoms with van der Waals surface area (Å²) < 4.78 is 21.0. The lowest BCUT2D eigenvalue weighted by molar-refractivity contribution is 0.0819. The number of H-pyrrole nitrogens is 1. The predicted molar refractivity (Wildman–Crippen MR) is 91.8 cm³/mol. The van der Waals surface area contributed by atoms with Gasteiger partial charge >= 0.3 is 5.69 Å². The van der Waals surface area contributed by atoms with E-state index in [0.717, 1.165) is 5.57 Å². The largest absolute Gasteiger partial charge is 0.382 e. The van der Waals surface area contributed by atoms with Crippen LogP contribution in [0, 0.1) is 0 Å². The zero-order chi connectivity index (χ0) is 17.4. The molecule has 0 saturated heterocycles. The second kappa shape index (κ2) is 6.17. The first kappa shape index (κ1) is 15.6. The number of imidazole rings is 1. The van der Waals surface area contributed by atoms with Gasteiger partial charge in [0, 0.05) is 13.0 Å². The molecule has 0 spiro atoms. The number of nitrogens with two attached hydrogens (primary N) is 1. The Kier molecular flexibility index (Phi) is 3.85. The maximum Gasteiger partial charge on any atom is 0.328 e. The van der Waals surface area contributed by atoms with Crippen molar-refractivity contribution in [3.8, 4) is 0 Å². The van der Waals surface area contributed by atoms with Crippen molar-refractivity contribution in [2.24, 2.45) is 0 Å². The van der Waals surface area contributed by atoms with Gasteiger partial charge in [-0.15, -0.1) is 0 Å². The number of fused-ring (bicyclic) bond motifs is 3. The van der Waals surface area contributed by atoms with Gasteiger partial charge in [-0.3, -0.25) is 4.57 Å². The Morgan fingerprint density at radius 1 is 1.32 bits per heavy atom. The molecule has 0 saturated carbocycles. The van der Waals surface area contributed by atoms with Crippen LogP contribution < -0.4 is 16.7 Å². The molecule has 9 heteroatoms. The summed E-state index contributed by atoms with van der Waals surface area (Å²) in [6, 6.07) is 0. The number of nitrogens with zero attached hydrogens (tertiary/aromatic N) is 3. The zero-order valence-electron chi connectivity index (χ0n) is 13.3. The third-order valence-electron chi connectivity index (χ3n) is 4.18. The number of anilines is 2. The summed E-state index contributed by atoms with van der Waals surface area (Å²) >= 11 is 0. The fourth-order valence-electron chi connectivity index (χ4n) is 2.92. The Balaban J connectivity index is 1.83. The van der Waals surface area contributed by atoms with E-state index in [1.54, 1.807) is 12.2 Å². The number of halogens is 1. The van der Waals surface area contributed by atoms with Crippen LogP contribution >= 0.6 is 0 Å². The van der Waals surface area contributed by atoms with Crippen LogP contribution in [0.2, 0.25) is 0 Å². The van der Waals surface area contributed by atoms with Gasteiger partial charge in [0.05, 0.1) is 13.2 Å². The molecule has 3 heterocycles. The summed E-state index contributed by atoms with van der Waals surface area (Å²) in [5.74, 6) is 0.216. The van der Waals surface area contributed by atoms with Crippen molar-refractivity contribution >= 4 is 22.9 Å². The molecule has 0 amide bonds. The average molecular weight is 344 g/mol. The maximum atomic E-state index is 13.9. The number of nitrogen functional groups attached to an aromatic ring is 1. The normalized spacial score (nSPS) is 22.0. The van der Waals surface area contributed by atoms with Crippen LogP contribution in [0.15, 0.2) is 40.5 Å². The minimum Gasteiger partial charge on any atom is -0.382 e. The highest BCUT2D eigenvalue weighted by atomic mass is 19.1. The summed E-state index contributed by atoms with van der Waals surface area (Å²) in [6.07, 6.45) is 6.43. The molecule has 0 radical (unpaired) electrons. The van der Waals surface area contributed by atoms with E-state index in [1.165, 1.54) is 10.6 Å². The second-order valence-electron chi connectivity index (χ2n) is 5.90. The maximum absolute atomic E-state index is 13.9. The van der Waals surface area contributed by atoms with Crippen molar-refractivity contribution in [2.75, 3.05) is 24.2 Å². The van der Waals surface area contributed by atoms with E-state index in [-0.39, 0.29) is 30.5 Å². The molecule has 1 aliphatic heterocycles. The minimum absolute atomic E-state index is 0.198. The number of hydrogen-bond acceptors (Lipinski definition) is 6. The van der Waals surface area contributed by atoms with Gasteiger partial charge in [0.1, 0.15) is 17.4 Å². The third kappa shape index (κ3) is 2.93. The molecule has 25 heavy (non-hydrogen) atoms. The lowest BCUT2D eigenvalue weighted by Crippen LogP contribution is -2.23. The van der Waals surface area contributed by atoms with Gasteiger partial charge in [0.15, 0.2) is 11.5 Å². The SMILES string of the molecule is Nc1nc2nc3c1[nH]c(=O)n3CC1=CC=C(F)C(C1)OC/C=C\CN2. The molecule has 2 aliphatic rings. The Morgan fingerprint density at radius 3 is 3.08 bits per heavy atom. The average Bonchev–Trinajstić information content (AvgIpc) is 2.90. The smallest absolute Gasteiger partial charge is 0.328 e. The van der Waals surface area contributed by atoms with Crippen LogP contribution in [0.3, 0.4) is 0 Å². The number of hydrogen-bond donors (Lipinski definition) is 3. The van der Waals surface area contributed by atoms with Gasteiger partial charge < -0.3 is 20.8 Å². The highest BCUT2D eigenvalue weighted by molar-refractivity contribution is 5.82. The molecule has 4 rings (SSSR count). The number of allylic oxidation sites excluding steroid dienone is 2. The van der Waals surface area contributed by atoms with Crippen molar-refractivity contribution in [3.63, 3.8) is 0 Å². The topological polar surface area (TPSA) is 111 Å². The monoisotopic (exact) mass is 344 g/mol. The van der Waals surface area contributed by atoms with Crippen LogP contribution in [-0.2, 0) is 11.3 Å². The Labute approximate surface area is 141 Å². The molecular formula is C16H17FN6O2. The van der Waals surface area contributed by atoms with Crippen molar-refractivity contribution in [1.82, 2.24) is 19.5 Å². The summed E-state index contributed by atoms with van der Waals surface area (Å²) in [5.41, 5.74) is 7.27. The molecule has 1 aliphatic carbocycles. The number of rotatable bonds is 0. The molecule has 1 atom stereocenters. The van der Waals surface area contributed by atoms with Crippen molar-refractivity contribution in [3.05, 3.63) is 46.2 Å². The van der Waals surface area contributed by atoms with E-state index < -0.39 is 6.10 Å². The Morgan fingerprint density at radius 2 is 2.20 bits per heavy atom. The van der Waals surface area contributed by atoms with Crippen LogP contribution in [0.25, 0.3) is 11.2 Å². The van der Waals surface area contributed by atoms with Gasteiger partial charge in [0.2, 0.25) is 5.95 Å². The lowest BCUT2D eigenvalue weighted by Gasteiger charge is -2.21. The van der Waals surface area contributed by atoms with Gasteiger partial charge in [-0.05, 0) is 11.6 Å². The second-order valence-corrected chi connectivity index (χ2v) is 5.90. The Hall–Kier alpha value is -2.94. The fourth-order valence-corrected chi connectivity index (χ4v) is 2.92. The summed E-state index contributed by atoms with van der Waals surface area (Å²) in [5, 5.41) is 3.02. The molecule has 4 N–H and O–H groups in total. The molecular weight excluding hydrogens is 327 g/mol. The van der Waals surface area contributed by atoms with E-state index in [2.05, 4.69) is 20.3 Å². The van der Waals surface area contributed by atoms with Crippen LogP contribution in [-0.4, -0.2) is 38.8 Å². The number of aromatic amines is 1. The molecule has 0 aromatic carbocycles. The first-order chi connectivity index (χ1) is 12.1. The van der Waals surface area contributed by atoms with Crippen molar-refractivity contribution in [1.29, 1.82) is 0 Å². The molecule has 2 aromatic heterocycles. The van der Waals surface area contributed by atoms with Crippen LogP contribution in [0.1, 0.15) is 6.42 Å². The third-order valence-corrected chi connectivity index (χ3v) is 4.18. The molecule has 1 unspecified atom stereocenters. The first-order valence-corrected chi connectivity index (χ1v) is 7.93. The van der Waals surface area contributed by atoms with E-state index in [0.29, 0.717) is 30.1 Å². The molecule has 2 aromatic rings. The van der Waals surface area contributed by atoms with Gasteiger partial charge in [0.25, 0.3) is 0 Å². The van der Waals surface area contributed by atoms with E-state index in [4.69, 9.17) is 10.5 Å². The molecule has 4 bridgehead atoms. The highest BCUT2D eigenvalue weighted by Crippen LogP contribution is 2.25.